The Hall–Kier alpha value is -3.15. The van der Waals surface area contributed by atoms with Crippen LogP contribution in [0.25, 0.3) is 0 Å². The molecule has 0 saturated carbocycles. The Labute approximate surface area is 133 Å². The number of hydrogen-bond donors (Lipinski definition) is 3. The second kappa shape index (κ2) is 8.33. The summed E-state index contributed by atoms with van der Waals surface area (Å²) in [5.41, 5.74) is 5.82. The smallest absolute Gasteiger partial charge is 0.269 e. The van der Waals surface area contributed by atoms with Crippen LogP contribution in [0.15, 0.2) is 60.7 Å². The lowest BCUT2D eigenvalue weighted by Crippen LogP contribution is -2.46. The van der Waals surface area contributed by atoms with Crippen molar-refractivity contribution in [2.45, 2.75) is 6.42 Å². The summed E-state index contributed by atoms with van der Waals surface area (Å²) < 4.78 is 0. The minimum absolute atomic E-state index is 0.199. The number of rotatable bonds is 5. The van der Waals surface area contributed by atoms with Crippen LogP contribution in [-0.4, -0.2) is 24.3 Å². The van der Waals surface area contributed by atoms with Crippen LogP contribution in [0.1, 0.15) is 15.9 Å². The number of carbonyl (C=O) groups excluding carboxylic acids is 3. The molecule has 0 unspecified atom stereocenters. The molecule has 0 radical (unpaired) electrons. The van der Waals surface area contributed by atoms with Gasteiger partial charge in [-0.1, -0.05) is 48.5 Å². The van der Waals surface area contributed by atoms with E-state index in [2.05, 4.69) is 16.2 Å². The van der Waals surface area contributed by atoms with Crippen LogP contribution in [0.3, 0.4) is 0 Å². The molecule has 3 N–H and O–H groups in total. The lowest BCUT2D eigenvalue weighted by atomic mass is 10.1. The fraction of sp³-hybridized carbons (Fsp3) is 0.118. The van der Waals surface area contributed by atoms with Gasteiger partial charge in [-0.3, -0.25) is 25.2 Å². The van der Waals surface area contributed by atoms with Crippen LogP contribution < -0.4 is 16.2 Å². The van der Waals surface area contributed by atoms with E-state index in [9.17, 15) is 14.4 Å². The zero-order chi connectivity index (χ0) is 16.5. The van der Waals surface area contributed by atoms with E-state index in [4.69, 9.17) is 0 Å². The summed E-state index contributed by atoms with van der Waals surface area (Å²) in [5.74, 6) is -1.19. The molecule has 118 valence electrons. The van der Waals surface area contributed by atoms with Crippen molar-refractivity contribution in [3.63, 3.8) is 0 Å². The van der Waals surface area contributed by atoms with Gasteiger partial charge in [-0.05, 0) is 17.7 Å². The highest BCUT2D eigenvalue weighted by atomic mass is 16.2. The van der Waals surface area contributed by atoms with Crippen LogP contribution in [0.5, 0.6) is 0 Å². The third kappa shape index (κ3) is 5.62. The number of hydrazine groups is 1. The fourth-order valence-corrected chi connectivity index (χ4v) is 1.85. The Kier molecular flexibility index (Phi) is 5.88. The van der Waals surface area contributed by atoms with Gasteiger partial charge in [0.1, 0.15) is 0 Å². The molecule has 0 aliphatic heterocycles. The van der Waals surface area contributed by atoms with Crippen LogP contribution in [0.2, 0.25) is 0 Å². The van der Waals surface area contributed by atoms with E-state index in [0.717, 1.165) is 5.56 Å². The van der Waals surface area contributed by atoms with Gasteiger partial charge in [-0.2, -0.15) is 0 Å². The van der Waals surface area contributed by atoms with Crippen LogP contribution in [0.4, 0.5) is 0 Å². The molecular formula is C17H17N3O3. The molecule has 0 aliphatic carbocycles. The van der Waals surface area contributed by atoms with Crippen LogP contribution in [-0.2, 0) is 16.0 Å². The highest BCUT2D eigenvalue weighted by molar-refractivity contribution is 5.95. The number of benzene rings is 2. The molecule has 3 amide bonds. The molecule has 0 atom stereocenters. The van der Waals surface area contributed by atoms with Gasteiger partial charge in [-0.25, -0.2) is 0 Å². The molecule has 6 nitrogen and oxygen atoms in total. The summed E-state index contributed by atoms with van der Waals surface area (Å²) >= 11 is 0. The normalized spacial score (nSPS) is 9.74. The van der Waals surface area contributed by atoms with E-state index in [0.29, 0.717) is 5.56 Å². The monoisotopic (exact) mass is 311 g/mol. The van der Waals surface area contributed by atoms with Gasteiger partial charge in [0.05, 0.1) is 13.0 Å². The second-order valence-electron chi connectivity index (χ2n) is 4.81. The topological polar surface area (TPSA) is 87.3 Å². The van der Waals surface area contributed by atoms with Crippen molar-refractivity contribution in [1.82, 2.24) is 16.2 Å². The largest absolute Gasteiger partial charge is 0.347 e. The molecule has 6 heteroatoms. The summed E-state index contributed by atoms with van der Waals surface area (Å²) in [5, 5.41) is 2.49. The Balaban J connectivity index is 1.69. The first kappa shape index (κ1) is 16.2. The van der Waals surface area contributed by atoms with Gasteiger partial charge in [0.2, 0.25) is 5.91 Å². The molecule has 0 aromatic heterocycles. The van der Waals surface area contributed by atoms with E-state index in [1.165, 1.54) is 0 Å². The average Bonchev–Trinajstić information content (AvgIpc) is 2.59. The highest BCUT2D eigenvalue weighted by Crippen LogP contribution is 1.99. The minimum atomic E-state index is -0.504. The molecular weight excluding hydrogens is 294 g/mol. The molecule has 0 aliphatic rings. The first-order valence-electron chi connectivity index (χ1n) is 7.10. The van der Waals surface area contributed by atoms with Gasteiger partial charge in [-0.15, -0.1) is 0 Å². The Morgan fingerprint density at radius 3 is 2.00 bits per heavy atom. The van der Waals surface area contributed by atoms with E-state index >= 15 is 0 Å². The molecule has 2 aromatic carbocycles. The van der Waals surface area contributed by atoms with E-state index < -0.39 is 11.8 Å². The van der Waals surface area contributed by atoms with Crippen molar-refractivity contribution in [2.75, 3.05) is 6.54 Å². The summed E-state index contributed by atoms with van der Waals surface area (Å²) in [6, 6.07) is 17.7. The summed E-state index contributed by atoms with van der Waals surface area (Å²) in [6.45, 7) is -0.208. The number of carbonyl (C=O) groups is 3. The lowest BCUT2D eigenvalue weighted by Gasteiger charge is -2.08. The highest BCUT2D eigenvalue weighted by Gasteiger charge is 2.08. The Morgan fingerprint density at radius 1 is 0.739 bits per heavy atom. The van der Waals surface area contributed by atoms with Crippen molar-refractivity contribution in [1.29, 1.82) is 0 Å². The van der Waals surface area contributed by atoms with Gasteiger partial charge in [0.25, 0.3) is 11.8 Å². The molecule has 2 rings (SSSR count). The number of amides is 3. The predicted molar refractivity (Wildman–Crippen MR) is 85.2 cm³/mol. The van der Waals surface area contributed by atoms with Crippen molar-refractivity contribution < 1.29 is 14.4 Å². The van der Waals surface area contributed by atoms with Crippen molar-refractivity contribution in [3.8, 4) is 0 Å². The van der Waals surface area contributed by atoms with Gasteiger partial charge < -0.3 is 5.32 Å². The molecule has 0 heterocycles. The minimum Gasteiger partial charge on any atom is -0.347 e. The first-order valence-corrected chi connectivity index (χ1v) is 7.10. The van der Waals surface area contributed by atoms with E-state index in [1.54, 1.807) is 30.3 Å². The van der Waals surface area contributed by atoms with E-state index in [-0.39, 0.29) is 18.9 Å². The van der Waals surface area contributed by atoms with Crippen LogP contribution >= 0.6 is 0 Å². The summed E-state index contributed by atoms with van der Waals surface area (Å²) in [4.78, 5) is 35.0. The van der Waals surface area contributed by atoms with Gasteiger partial charge in [0.15, 0.2) is 0 Å². The molecule has 2 aromatic rings. The van der Waals surface area contributed by atoms with Gasteiger partial charge >= 0.3 is 0 Å². The van der Waals surface area contributed by atoms with Gasteiger partial charge in [0, 0.05) is 5.56 Å². The maximum Gasteiger partial charge on any atom is 0.269 e. The third-order valence-corrected chi connectivity index (χ3v) is 3.01. The van der Waals surface area contributed by atoms with Crippen molar-refractivity contribution >= 4 is 17.7 Å². The average molecular weight is 311 g/mol. The Bertz CT molecular complexity index is 672. The quantitative estimate of drug-likeness (QED) is 0.714. The fourth-order valence-electron chi connectivity index (χ4n) is 1.85. The first-order chi connectivity index (χ1) is 11.1. The SMILES string of the molecule is O=C(Cc1ccccc1)NCC(=O)NNC(=O)c1ccccc1. The zero-order valence-corrected chi connectivity index (χ0v) is 12.4. The third-order valence-electron chi connectivity index (χ3n) is 3.01. The van der Waals surface area contributed by atoms with Crippen LogP contribution in [0, 0.1) is 0 Å². The maximum absolute atomic E-state index is 11.7. The Morgan fingerprint density at radius 2 is 1.35 bits per heavy atom. The van der Waals surface area contributed by atoms with Crippen molar-refractivity contribution in [3.05, 3.63) is 71.8 Å². The van der Waals surface area contributed by atoms with E-state index in [1.807, 2.05) is 30.3 Å². The standard InChI is InChI=1S/C17H17N3O3/c21-15(11-13-7-3-1-4-8-13)18-12-16(22)19-20-17(23)14-9-5-2-6-10-14/h1-10H,11-12H2,(H,18,21)(H,19,22)(H,20,23). The zero-order valence-electron chi connectivity index (χ0n) is 12.4. The lowest BCUT2D eigenvalue weighted by molar-refractivity contribution is -0.126. The molecule has 0 saturated heterocycles. The molecule has 0 bridgehead atoms. The molecule has 23 heavy (non-hydrogen) atoms. The predicted octanol–water partition coefficient (Wildman–Crippen LogP) is 0.806. The van der Waals surface area contributed by atoms with Crippen molar-refractivity contribution in [2.24, 2.45) is 0 Å². The second-order valence-corrected chi connectivity index (χ2v) is 4.81. The maximum atomic E-state index is 11.7. The molecule has 0 fully saturated rings. The number of nitrogens with one attached hydrogen (secondary N) is 3. The summed E-state index contributed by atoms with van der Waals surface area (Å²) in [7, 11) is 0. The summed E-state index contributed by atoms with van der Waals surface area (Å²) in [6.07, 6.45) is 0.199. The molecule has 0 spiro atoms. The number of hydrogen-bond acceptors (Lipinski definition) is 3.